The van der Waals surface area contributed by atoms with Crippen LogP contribution in [0.5, 0.6) is 5.75 Å². The number of nitrogen functional groups attached to an aromatic ring is 1. The van der Waals surface area contributed by atoms with Crippen molar-refractivity contribution in [2.24, 2.45) is 5.73 Å². The summed E-state index contributed by atoms with van der Waals surface area (Å²) >= 11 is 0. The monoisotopic (exact) mass is 238 g/mol. The molecule has 1 aliphatic heterocycles. The molecule has 5 heteroatoms. The summed E-state index contributed by atoms with van der Waals surface area (Å²) in [6.45, 7) is 1.34. The summed E-state index contributed by atoms with van der Waals surface area (Å²) < 4.78 is 24.0. The number of halogens is 1. The van der Waals surface area contributed by atoms with Crippen molar-refractivity contribution in [3.8, 4) is 5.75 Å². The van der Waals surface area contributed by atoms with E-state index in [0.717, 1.165) is 12.8 Å². The molecule has 0 saturated carbocycles. The van der Waals surface area contributed by atoms with Crippen LogP contribution in [-0.2, 0) is 4.74 Å². The number of benzene rings is 1. The highest BCUT2D eigenvalue weighted by Gasteiger charge is 2.17. The summed E-state index contributed by atoms with van der Waals surface area (Å²) in [5.74, 6) is -0.146. The summed E-state index contributed by atoms with van der Waals surface area (Å²) in [6, 6.07) is 4.04. The summed E-state index contributed by atoms with van der Waals surface area (Å²) in [5.41, 5.74) is 5.70. The Bertz CT molecular complexity index is 417. The van der Waals surface area contributed by atoms with Gasteiger partial charge in [-0.3, -0.25) is 5.41 Å². The Morgan fingerprint density at radius 2 is 2.12 bits per heavy atom. The third-order valence-electron chi connectivity index (χ3n) is 2.69. The maximum Gasteiger partial charge on any atom is 0.130 e. The molecule has 3 N–H and O–H groups in total. The Balaban J connectivity index is 2.16. The molecule has 92 valence electrons. The quantitative estimate of drug-likeness (QED) is 0.621. The lowest BCUT2D eigenvalue weighted by Crippen LogP contribution is -2.27. The molecule has 1 saturated heterocycles. The van der Waals surface area contributed by atoms with Crippen LogP contribution < -0.4 is 10.5 Å². The van der Waals surface area contributed by atoms with Crippen LogP contribution in [0.2, 0.25) is 0 Å². The Labute approximate surface area is 99.0 Å². The zero-order valence-electron chi connectivity index (χ0n) is 9.41. The molecule has 0 bridgehead atoms. The van der Waals surface area contributed by atoms with Crippen molar-refractivity contribution in [3.63, 3.8) is 0 Å². The van der Waals surface area contributed by atoms with Gasteiger partial charge in [0.1, 0.15) is 23.5 Å². The van der Waals surface area contributed by atoms with E-state index in [0.29, 0.717) is 24.5 Å². The average Bonchev–Trinajstić information content (AvgIpc) is 2.32. The molecule has 0 spiro atoms. The third-order valence-corrected chi connectivity index (χ3v) is 2.69. The summed E-state index contributed by atoms with van der Waals surface area (Å²) in [4.78, 5) is 0. The second kappa shape index (κ2) is 5.14. The molecule has 2 rings (SSSR count). The van der Waals surface area contributed by atoms with Crippen molar-refractivity contribution >= 4 is 5.84 Å². The molecule has 17 heavy (non-hydrogen) atoms. The zero-order valence-corrected chi connectivity index (χ0v) is 9.41. The summed E-state index contributed by atoms with van der Waals surface area (Å²) in [6.07, 6.45) is 1.65. The van der Waals surface area contributed by atoms with Gasteiger partial charge in [0.15, 0.2) is 0 Å². The molecule has 1 fully saturated rings. The van der Waals surface area contributed by atoms with E-state index in [-0.39, 0.29) is 11.9 Å². The third kappa shape index (κ3) is 2.94. The Morgan fingerprint density at radius 3 is 2.76 bits per heavy atom. The van der Waals surface area contributed by atoms with E-state index in [4.69, 9.17) is 20.6 Å². The predicted molar refractivity (Wildman–Crippen MR) is 61.9 cm³/mol. The summed E-state index contributed by atoms with van der Waals surface area (Å²) in [5, 5.41) is 7.40. The highest BCUT2D eigenvalue weighted by atomic mass is 19.1. The topological polar surface area (TPSA) is 68.3 Å². The fourth-order valence-electron chi connectivity index (χ4n) is 1.79. The standard InChI is InChI=1S/C12H15FN2O2/c13-8-1-2-11(10(7-8)12(14)15)17-9-3-5-16-6-4-9/h1-2,7,9H,3-6H2,(H3,14,15). The lowest BCUT2D eigenvalue weighted by molar-refractivity contribution is 0.0254. The number of hydrogen-bond donors (Lipinski definition) is 2. The number of rotatable bonds is 3. The minimum atomic E-state index is -0.422. The van der Waals surface area contributed by atoms with E-state index in [1.807, 2.05) is 0 Å². The van der Waals surface area contributed by atoms with Gasteiger partial charge < -0.3 is 15.2 Å². The molecule has 0 aliphatic carbocycles. The van der Waals surface area contributed by atoms with Gasteiger partial charge in [-0.25, -0.2) is 4.39 Å². The van der Waals surface area contributed by atoms with Gasteiger partial charge in [-0.2, -0.15) is 0 Å². The number of nitrogens with one attached hydrogen (secondary N) is 1. The van der Waals surface area contributed by atoms with Gasteiger partial charge in [-0.05, 0) is 18.2 Å². The van der Waals surface area contributed by atoms with Gasteiger partial charge in [0.2, 0.25) is 0 Å². The lowest BCUT2D eigenvalue weighted by Gasteiger charge is -2.24. The molecule has 0 radical (unpaired) electrons. The molecule has 1 heterocycles. The van der Waals surface area contributed by atoms with Crippen molar-refractivity contribution in [1.82, 2.24) is 0 Å². The first-order chi connectivity index (χ1) is 8.16. The molecular formula is C12H15FN2O2. The maximum absolute atomic E-state index is 13.1. The largest absolute Gasteiger partial charge is 0.489 e. The maximum atomic E-state index is 13.1. The van der Waals surface area contributed by atoms with Crippen molar-refractivity contribution < 1.29 is 13.9 Å². The van der Waals surface area contributed by atoms with Crippen LogP contribution in [0.4, 0.5) is 4.39 Å². The van der Waals surface area contributed by atoms with Crippen LogP contribution in [0.15, 0.2) is 18.2 Å². The molecular weight excluding hydrogens is 223 g/mol. The number of hydrogen-bond acceptors (Lipinski definition) is 3. The van der Waals surface area contributed by atoms with E-state index in [9.17, 15) is 4.39 Å². The van der Waals surface area contributed by atoms with E-state index >= 15 is 0 Å². The van der Waals surface area contributed by atoms with Gasteiger partial charge in [-0.15, -0.1) is 0 Å². The van der Waals surface area contributed by atoms with Gasteiger partial charge in [-0.1, -0.05) is 0 Å². The van der Waals surface area contributed by atoms with Crippen molar-refractivity contribution in [1.29, 1.82) is 5.41 Å². The number of nitrogens with two attached hydrogens (primary N) is 1. The molecule has 1 aromatic rings. The molecule has 0 aromatic heterocycles. The Hall–Kier alpha value is -1.62. The van der Waals surface area contributed by atoms with E-state index in [2.05, 4.69) is 0 Å². The van der Waals surface area contributed by atoms with E-state index in [1.54, 1.807) is 0 Å². The first-order valence-corrected chi connectivity index (χ1v) is 5.55. The number of amidine groups is 1. The zero-order chi connectivity index (χ0) is 12.3. The second-order valence-electron chi connectivity index (χ2n) is 3.98. The summed E-state index contributed by atoms with van der Waals surface area (Å²) in [7, 11) is 0. The van der Waals surface area contributed by atoms with Crippen LogP contribution in [0.1, 0.15) is 18.4 Å². The highest BCUT2D eigenvalue weighted by molar-refractivity contribution is 5.97. The SMILES string of the molecule is N=C(N)c1cc(F)ccc1OC1CCOCC1. The van der Waals surface area contributed by atoms with Crippen LogP contribution in [0, 0.1) is 11.2 Å². The van der Waals surface area contributed by atoms with Crippen molar-refractivity contribution in [2.75, 3.05) is 13.2 Å². The van der Waals surface area contributed by atoms with Crippen LogP contribution in [0.3, 0.4) is 0 Å². The minimum Gasteiger partial charge on any atom is -0.489 e. The Kier molecular flexibility index (Phi) is 3.58. The van der Waals surface area contributed by atoms with E-state index < -0.39 is 5.82 Å². The fraction of sp³-hybridized carbons (Fsp3) is 0.417. The first kappa shape index (κ1) is 11.9. The van der Waals surface area contributed by atoms with E-state index in [1.165, 1.54) is 18.2 Å². The average molecular weight is 238 g/mol. The molecule has 1 aromatic carbocycles. The predicted octanol–water partition coefficient (Wildman–Crippen LogP) is 1.67. The van der Waals surface area contributed by atoms with Crippen LogP contribution in [0.25, 0.3) is 0 Å². The minimum absolute atomic E-state index is 0.0484. The van der Waals surface area contributed by atoms with Crippen LogP contribution >= 0.6 is 0 Å². The Morgan fingerprint density at radius 1 is 1.41 bits per heavy atom. The number of ether oxygens (including phenoxy) is 2. The normalized spacial score (nSPS) is 16.8. The van der Waals surface area contributed by atoms with Crippen molar-refractivity contribution in [3.05, 3.63) is 29.6 Å². The van der Waals surface area contributed by atoms with Gasteiger partial charge >= 0.3 is 0 Å². The van der Waals surface area contributed by atoms with Gasteiger partial charge in [0.25, 0.3) is 0 Å². The first-order valence-electron chi connectivity index (χ1n) is 5.55. The molecule has 0 atom stereocenters. The van der Waals surface area contributed by atoms with Crippen molar-refractivity contribution in [2.45, 2.75) is 18.9 Å². The van der Waals surface area contributed by atoms with Gasteiger partial charge in [0.05, 0.1) is 18.8 Å². The smallest absolute Gasteiger partial charge is 0.130 e. The van der Waals surface area contributed by atoms with Crippen LogP contribution in [-0.4, -0.2) is 25.2 Å². The van der Waals surface area contributed by atoms with Gasteiger partial charge in [0, 0.05) is 12.8 Å². The highest BCUT2D eigenvalue weighted by Crippen LogP contribution is 2.23. The lowest BCUT2D eigenvalue weighted by atomic mass is 10.1. The second-order valence-corrected chi connectivity index (χ2v) is 3.98. The molecule has 0 unspecified atom stereocenters. The fourth-order valence-corrected chi connectivity index (χ4v) is 1.79. The molecule has 4 nitrogen and oxygen atoms in total. The molecule has 0 amide bonds. The molecule has 1 aliphatic rings.